The number of benzene rings is 2. The van der Waals surface area contributed by atoms with E-state index in [0.29, 0.717) is 6.07 Å². The number of ether oxygens (including phenoxy) is 2. The summed E-state index contributed by atoms with van der Waals surface area (Å²) in [6.07, 6.45) is 1.29. The van der Waals surface area contributed by atoms with Crippen molar-refractivity contribution in [2.24, 2.45) is 0 Å². The van der Waals surface area contributed by atoms with E-state index in [2.05, 4.69) is 0 Å². The number of halogens is 3. The van der Waals surface area contributed by atoms with Crippen LogP contribution in [0.3, 0.4) is 0 Å². The normalized spacial score (nSPS) is 17.5. The first-order valence-electron chi connectivity index (χ1n) is 9.49. The molecule has 1 aromatic heterocycles. The summed E-state index contributed by atoms with van der Waals surface area (Å²) in [5.41, 5.74) is -0.755. The summed E-state index contributed by atoms with van der Waals surface area (Å²) in [7, 11) is 2.72. The Kier molecular flexibility index (Phi) is 5.82. The molecule has 4 rings (SSSR count). The van der Waals surface area contributed by atoms with Gasteiger partial charge in [-0.05, 0) is 30.3 Å². The van der Waals surface area contributed by atoms with Gasteiger partial charge in [-0.1, -0.05) is 11.6 Å². The first-order valence-corrected chi connectivity index (χ1v) is 9.87. The van der Waals surface area contributed by atoms with Crippen LogP contribution in [-0.4, -0.2) is 31.0 Å². The summed E-state index contributed by atoms with van der Waals surface area (Å²) in [5.74, 6) is -4.38. The number of hydrogen-bond acceptors (Lipinski definition) is 6. The van der Waals surface area contributed by atoms with Gasteiger partial charge in [-0.2, -0.15) is 0 Å². The third-order valence-electron chi connectivity index (χ3n) is 5.16. The van der Waals surface area contributed by atoms with Crippen molar-refractivity contribution in [2.45, 2.75) is 6.04 Å². The number of aliphatic hydroxyl groups is 1. The van der Waals surface area contributed by atoms with E-state index in [1.165, 1.54) is 44.7 Å². The third-order valence-corrected chi connectivity index (χ3v) is 5.45. The quantitative estimate of drug-likeness (QED) is 0.322. The fourth-order valence-corrected chi connectivity index (χ4v) is 3.90. The van der Waals surface area contributed by atoms with Gasteiger partial charge in [0, 0.05) is 12.1 Å². The molecule has 1 N–H and O–H groups in total. The third kappa shape index (κ3) is 3.70. The number of aliphatic hydroxyl groups excluding tert-OH is 1. The molecule has 1 aliphatic heterocycles. The summed E-state index contributed by atoms with van der Waals surface area (Å²) >= 11 is 6.19. The second-order valence-corrected chi connectivity index (χ2v) is 7.37. The molecule has 2 heterocycles. The second kappa shape index (κ2) is 8.59. The molecule has 0 saturated carbocycles. The summed E-state index contributed by atoms with van der Waals surface area (Å²) < 4.78 is 43.9. The van der Waals surface area contributed by atoms with Gasteiger partial charge >= 0.3 is 0 Å². The van der Waals surface area contributed by atoms with Gasteiger partial charge in [0.1, 0.15) is 40.7 Å². The van der Waals surface area contributed by atoms with Crippen LogP contribution >= 0.6 is 11.6 Å². The monoisotopic (exact) mass is 475 g/mol. The van der Waals surface area contributed by atoms with Crippen LogP contribution in [0, 0.1) is 11.6 Å². The molecule has 7 nitrogen and oxygen atoms in total. The topological polar surface area (TPSA) is 89.2 Å². The largest absolute Gasteiger partial charge is 0.507 e. The number of hydrogen-bond donors (Lipinski definition) is 1. The van der Waals surface area contributed by atoms with Gasteiger partial charge < -0.3 is 19.0 Å². The molecule has 1 atom stereocenters. The van der Waals surface area contributed by atoms with Gasteiger partial charge in [0.25, 0.3) is 11.7 Å². The molecule has 1 unspecified atom stereocenters. The van der Waals surface area contributed by atoms with E-state index >= 15 is 0 Å². The highest BCUT2D eigenvalue weighted by atomic mass is 35.5. The number of nitrogens with zero attached hydrogens (tertiary/aromatic N) is 1. The maximum Gasteiger partial charge on any atom is 0.300 e. The van der Waals surface area contributed by atoms with Crippen molar-refractivity contribution in [2.75, 3.05) is 19.1 Å². The fraction of sp³-hybridized carbons (Fsp3) is 0.130. The number of rotatable bonds is 5. The van der Waals surface area contributed by atoms with Crippen LogP contribution in [0.5, 0.6) is 11.5 Å². The predicted octanol–water partition coefficient (Wildman–Crippen LogP) is 4.85. The van der Waals surface area contributed by atoms with E-state index in [1.54, 1.807) is 0 Å². The molecule has 0 radical (unpaired) electrons. The molecular weight excluding hydrogens is 460 g/mol. The zero-order chi connectivity index (χ0) is 23.9. The molecule has 170 valence electrons. The lowest BCUT2D eigenvalue weighted by Crippen LogP contribution is -2.30. The summed E-state index contributed by atoms with van der Waals surface area (Å²) in [5, 5.41) is 11.3. The lowest BCUT2D eigenvalue weighted by molar-refractivity contribution is -0.132. The zero-order valence-electron chi connectivity index (χ0n) is 17.3. The van der Waals surface area contributed by atoms with E-state index < -0.39 is 40.7 Å². The second-order valence-electron chi connectivity index (χ2n) is 6.97. The maximum atomic E-state index is 14.6. The number of Topliss-reactive ketones (excluding diaryl/α,β-unsaturated/α-hetero) is 1. The van der Waals surface area contributed by atoms with Crippen molar-refractivity contribution in [3.8, 4) is 11.5 Å². The molecule has 0 spiro atoms. The minimum atomic E-state index is -1.34. The summed E-state index contributed by atoms with van der Waals surface area (Å²) in [6, 6.07) is 6.87. The van der Waals surface area contributed by atoms with Crippen molar-refractivity contribution in [3.05, 3.63) is 82.3 Å². The molecule has 1 amide bonds. The Morgan fingerprint density at radius 1 is 1.09 bits per heavy atom. The predicted molar refractivity (Wildman–Crippen MR) is 114 cm³/mol. The van der Waals surface area contributed by atoms with Crippen LogP contribution in [0.15, 0.2) is 58.7 Å². The van der Waals surface area contributed by atoms with Gasteiger partial charge in [-0.15, -0.1) is 0 Å². The van der Waals surface area contributed by atoms with E-state index in [9.17, 15) is 23.5 Å². The lowest BCUT2D eigenvalue weighted by Gasteiger charge is -2.24. The maximum absolute atomic E-state index is 14.6. The molecule has 33 heavy (non-hydrogen) atoms. The molecular formula is C23H16ClF2NO6. The Morgan fingerprint density at radius 2 is 1.82 bits per heavy atom. The number of furan rings is 1. The van der Waals surface area contributed by atoms with Crippen LogP contribution in [-0.2, 0) is 9.59 Å². The van der Waals surface area contributed by atoms with E-state index in [-0.39, 0.29) is 33.5 Å². The van der Waals surface area contributed by atoms with E-state index in [1.807, 2.05) is 0 Å². The molecule has 1 aliphatic rings. The number of carbonyl (C=O) groups is 2. The molecule has 1 saturated heterocycles. The molecule has 10 heteroatoms. The fourth-order valence-electron chi connectivity index (χ4n) is 3.66. The smallest absolute Gasteiger partial charge is 0.300 e. The number of anilines is 1. The van der Waals surface area contributed by atoms with Gasteiger partial charge in [0.2, 0.25) is 0 Å². The summed E-state index contributed by atoms with van der Waals surface area (Å²) in [4.78, 5) is 26.8. The van der Waals surface area contributed by atoms with Gasteiger partial charge in [0.15, 0.2) is 0 Å². The van der Waals surface area contributed by atoms with Gasteiger partial charge in [-0.25, -0.2) is 8.78 Å². The molecule has 1 fully saturated rings. The van der Waals surface area contributed by atoms with E-state index in [4.69, 9.17) is 25.5 Å². The highest BCUT2D eigenvalue weighted by molar-refractivity contribution is 6.51. The zero-order valence-corrected chi connectivity index (χ0v) is 18.0. The molecule has 3 aromatic rings. The van der Waals surface area contributed by atoms with Crippen LogP contribution in [0.2, 0.25) is 5.02 Å². The number of methoxy groups -OCH3 is 2. The number of amides is 1. The van der Waals surface area contributed by atoms with Gasteiger partial charge in [-0.3, -0.25) is 14.5 Å². The van der Waals surface area contributed by atoms with Crippen molar-refractivity contribution < 1.29 is 37.4 Å². The van der Waals surface area contributed by atoms with E-state index in [0.717, 1.165) is 17.0 Å². The standard InChI is InChI=1S/C23H16ClF2NO6/c1-31-17-10-18(32-2)13(24)9-12(17)21(28)19-20(16-4-3-7-33-16)27(23(30)22(19)29)15-6-5-11(25)8-14(15)26/h3-10,20,28H,1-2H3/b21-19-. The first kappa shape index (κ1) is 22.3. The highest BCUT2D eigenvalue weighted by Crippen LogP contribution is 2.45. The summed E-state index contributed by atoms with van der Waals surface area (Å²) in [6.45, 7) is 0. The van der Waals surface area contributed by atoms with Crippen molar-refractivity contribution in [1.82, 2.24) is 0 Å². The van der Waals surface area contributed by atoms with Crippen molar-refractivity contribution in [3.63, 3.8) is 0 Å². The van der Waals surface area contributed by atoms with Crippen LogP contribution < -0.4 is 14.4 Å². The van der Waals surface area contributed by atoms with Crippen LogP contribution in [0.4, 0.5) is 14.5 Å². The Bertz CT molecular complexity index is 1290. The van der Waals surface area contributed by atoms with Crippen LogP contribution in [0.25, 0.3) is 5.76 Å². The highest BCUT2D eigenvalue weighted by Gasteiger charge is 2.49. The Balaban J connectivity index is 1.98. The Morgan fingerprint density at radius 3 is 2.42 bits per heavy atom. The Labute approximate surface area is 191 Å². The molecule has 0 aliphatic carbocycles. The molecule has 2 aromatic carbocycles. The molecule has 0 bridgehead atoms. The average Bonchev–Trinajstić information content (AvgIpc) is 3.41. The lowest BCUT2D eigenvalue weighted by atomic mass is 9.98. The first-order chi connectivity index (χ1) is 15.8. The van der Waals surface area contributed by atoms with Crippen molar-refractivity contribution in [1.29, 1.82) is 0 Å². The average molecular weight is 476 g/mol. The minimum Gasteiger partial charge on any atom is -0.507 e. The Hall–Kier alpha value is -3.85. The van der Waals surface area contributed by atoms with Gasteiger partial charge in [0.05, 0.1) is 42.3 Å². The number of ketones is 1. The SMILES string of the molecule is COc1cc(OC)c(/C(O)=C2/C(=O)C(=O)N(c3ccc(F)cc3F)C2c2ccco2)cc1Cl. The van der Waals surface area contributed by atoms with Crippen molar-refractivity contribution >= 4 is 34.7 Å². The minimum absolute atomic E-state index is 0.00238. The number of carbonyl (C=O) groups excluding carboxylic acids is 2. The van der Waals surface area contributed by atoms with Crippen LogP contribution in [0.1, 0.15) is 17.4 Å².